The number of carbonyl (C=O) groups excluding carboxylic acids is 1. The average molecular weight is 169 g/mol. The normalized spacial score (nSPS) is 34.6. The molecule has 1 saturated heterocycles. The third-order valence-electron chi connectivity index (χ3n) is 2.87. The van der Waals surface area contributed by atoms with Crippen molar-refractivity contribution in [2.24, 2.45) is 5.92 Å². The van der Waals surface area contributed by atoms with Gasteiger partial charge in [-0.1, -0.05) is 13.3 Å². The molecule has 1 aliphatic carbocycles. The fraction of sp³-hybridized carbons (Fsp3) is 0.889. The minimum absolute atomic E-state index is 0.00579. The van der Waals surface area contributed by atoms with E-state index in [-0.39, 0.29) is 11.6 Å². The average Bonchev–Trinajstić information content (AvgIpc) is 2.80. The van der Waals surface area contributed by atoms with Crippen molar-refractivity contribution in [3.05, 3.63) is 0 Å². The van der Waals surface area contributed by atoms with E-state index in [4.69, 9.17) is 4.74 Å². The minimum atomic E-state index is -0.227. The zero-order chi connectivity index (χ0) is 8.60. The van der Waals surface area contributed by atoms with Gasteiger partial charge >= 0.3 is 6.09 Å². The van der Waals surface area contributed by atoms with Crippen LogP contribution in [0.25, 0.3) is 0 Å². The first kappa shape index (κ1) is 7.90. The Hall–Kier alpha value is -0.730. The summed E-state index contributed by atoms with van der Waals surface area (Å²) in [6.45, 7) is 2.74. The number of alkyl carbamates (subject to hydrolysis) is 1. The van der Waals surface area contributed by atoms with Crippen LogP contribution in [0.15, 0.2) is 0 Å². The first-order chi connectivity index (χ1) is 5.77. The molecule has 0 bridgehead atoms. The number of cyclic esters (lactones) is 1. The Morgan fingerprint density at radius 3 is 2.83 bits per heavy atom. The molecule has 1 N–H and O–H groups in total. The molecule has 2 fully saturated rings. The Bertz CT molecular complexity index is 201. The van der Waals surface area contributed by atoms with Gasteiger partial charge in [-0.25, -0.2) is 4.79 Å². The Morgan fingerprint density at radius 1 is 1.67 bits per heavy atom. The highest BCUT2D eigenvalue weighted by molar-refractivity contribution is 5.71. The van der Waals surface area contributed by atoms with Gasteiger partial charge < -0.3 is 10.1 Å². The van der Waals surface area contributed by atoms with Crippen LogP contribution in [0.5, 0.6) is 0 Å². The highest BCUT2D eigenvalue weighted by atomic mass is 16.6. The number of ether oxygens (including phenoxy) is 1. The van der Waals surface area contributed by atoms with E-state index in [1.807, 2.05) is 0 Å². The summed E-state index contributed by atoms with van der Waals surface area (Å²) in [6, 6.07) is 0. The summed E-state index contributed by atoms with van der Waals surface area (Å²) in [5.41, 5.74) is 0.00579. The second-order valence-corrected chi connectivity index (χ2v) is 3.88. The van der Waals surface area contributed by atoms with Crippen LogP contribution >= 0.6 is 0 Å². The van der Waals surface area contributed by atoms with E-state index in [0.717, 1.165) is 12.8 Å². The lowest BCUT2D eigenvalue weighted by Crippen LogP contribution is -2.45. The molecule has 0 aromatic rings. The van der Waals surface area contributed by atoms with Crippen molar-refractivity contribution < 1.29 is 9.53 Å². The van der Waals surface area contributed by atoms with Crippen molar-refractivity contribution >= 4 is 6.09 Å². The van der Waals surface area contributed by atoms with Crippen LogP contribution in [-0.4, -0.2) is 18.2 Å². The minimum Gasteiger partial charge on any atom is -0.447 e. The van der Waals surface area contributed by atoms with Crippen molar-refractivity contribution in [1.29, 1.82) is 0 Å². The predicted molar refractivity (Wildman–Crippen MR) is 44.8 cm³/mol. The predicted octanol–water partition coefficient (Wildman–Crippen LogP) is 1.68. The van der Waals surface area contributed by atoms with Crippen LogP contribution in [-0.2, 0) is 4.74 Å². The lowest BCUT2D eigenvalue weighted by molar-refractivity contribution is 0.167. The number of rotatable bonds is 3. The van der Waals surface area contributed by atoms with Gasteiger partial charge in [0.25, 0.3) is 0 Å². The zero-order valence-electron chi connectivity index (χ0n) is 7.43. The fourth-order valence-corrected chi connectivity index (χ4v) is 2.11. The van der Waals surface area contributed by atoms with Gasteiger partial charge in [0.2, 0.25) is 0 Å². The fourth-order valence-electron chi connectivity index (χ4n) is 2.11. The van der Waals surface area contributed by atoms with Gasteiger partial charge in [-0.15, -0.1) is 0 Å². The van der Waals surface area contributed by atoms with Crippen LogP contribution in [0.4, 0.5) is 4.79 Å². The largest absolute Gasteiger partial charge is 0.447 e. The summed E-state index contributed by atoms with van der Waals surface area (Å²) in [6.07, 6.45) is 4.45. The molecule has 1 heterocycles. The summed E-state index contributed by atoms with van der Waals surface area (Å²) in [4.78, 5) is 10.9. The molecule has 3 heteroatoms. The maximum Gasteiger partial charge on any atom is 0.407 e. The Morgan fingerprint density at radius 2 is 2.42 bits per heavy atom. The molecule has 1 saturated carbocycles. The van der Waals surface area contributed by atoms with Crippen molar-refractivity contribution in [2.45, 2.75) is 38.1 Å². The van der Waals surface area contributed by atoms with Crippen molar-refractivity contribution in [3.63, 3.8) is 0 Å². The van der Waals surface area contributed by atoms with Gasteiger partial charge in [0.1, 0.15) is 6.61 Å². The molecule has 2 rings (SSSR count). The molecule has 0 radical (unpaired) electrons. The lowest BCUT2D eigenvalue weighted by Gasteiger charge is -2.25. The Labute approximate surface area is 72.5 Å². The summed E-state index contributed by atoms with van der Waals surface area (Å²) >= 11 is 0. The Balaban J connectivity index is 2.06. The smallest absolute Gasteiger partial charge is 0.407 e. The van der Waals surface area contributed by atoms with E-state index in [1.165, 1.54) is 12.8 Å². The molecule has 0 aromatic heterocycles. The number of carbonyl (C=O) groups is 1. The Kier molecular flexibility index (Phi) is 1.74. The third kappa shape index (κ3) is 1.17. The van der Waals surface area contributed by atoms with Crippen LogP contribution < -0.4 is 5.32 Å². The maximum absolute atomic E-state index is 10.9. The maximum atomic E-state index is 10.9. The topological polar surface area (TPSA) is 38.3 Å². The SMILES string of the molecule is CCCC1(C2CC2)COC(=O)N1. The molecule has 1 amide bonds. The van der Waals surface area contributed by atoms with Gasteiger partial charge in [-0.3, -0.25) is 0 Å². The van der Waals surface area contributed by atoms with E-state index in [0.29, 0.717) is 12.5 Å². The highest BCUT2D eigenvalue weighted by Crippen LogP contribution is 2.43. The van der Waals surface area contributed by atoms with Crippen LogP contribution in [0.2, 0.25) is 0 Å². The number of amides is 1. The number of hydrogen-bond acceptors (Lipinski definition) is 2. The van der Waals surface area contributed by atoms with Crippen LogP contribution in [0.3, 0.4) is 0 Å². The van der Waals surface area contributed by atoms with Gasteiger partial charge in [-0.2, -0.15) is 0 Å². The number of nitrogens with one attached hydrogen (secondary N) is 1. The zero-order valence-corrected chi connectivity index (χ0v) is 7.43. The third-order valence-corrected chi connectivity index (χ3v) is 2.87. The van der Waals surface area contributed by atoms with Crippen molar-refractivity contribution in [1.82, 2.24) is 5.32 Å². The molecule has 12 heavy (non-hydrogen) atoms. The van der Waals surface area contributed by atoms with E-state index in [9.17, 15) is 4.79 Å². The van der Waals surface area contributed by atoms with E-state index >= 15 is 0 Å². The van der Waals surface area contributed by atoms with Gasteiger partial charge in [0.05, 0.1) is 5.54 Å². The molecular weight excluding hydrogens is 154 g/mol. The molecule has 1 unspecified atom stereocenters. The van der Waals surface area contributed by atoms with Gasteiger partial charge in [0.15, 0.2) is 0 Å². The van der Waals surface area contributed by atoms with Crippen LogP contribution in [0, 0.1) is 5.92 Å². The second-order valence-electron chi connectivity index (χ2n) is 3.88. The first-order valence-electron chi connectivity index (χ1n) is 4.72. The summed E-state index contributed by atoms with van der Waals surface area (Å²) in [7, 11) is 0. The van der Waals surface area contributed by atoms with E-state index < -0.39 is 0 Å². The lowest BCUT2D eigenvalue weighted by atomic mass is 9.90. The van der Waals surface area contributed by atoms with Crippen molar-refractivity contribution in [2.75, 3.05) is 6.61 Å². The first-order valence-corrected chi connectivity index (χ1v) is 4.72. The monoisotopic (exact) mass is 169 g/mol. The molecule has 68 valence electrons. The molecule has 0 aromatic carbocycles. The quantitative estimate of drug-likeness (QED) is 0.698. The molecule has 0 spiro atoms. The molecule has 3 nitrogen and oxygen atoms in total. The van der Waals surface area contributed by atoms with E-state index in [2.05, 4.69) is 12.2 Å². The highest BCUT2D eigenvalue weighted by Gasteiger charge is 2.50. The van der Waals surface area contributed by atoms with Gasteiger partial charge in [0, 0.05) is 0 Å². The summed E-state index contributed by atoms with van der Waals surface area (Å²) in [5.74, 6) is 0.684. The van der Waals surface area contributed by atoms with Crippen molar-refractivity contribution in [3.8, 4) is 0 Å². The number of hydrogen-bond donors (Lipinski definition) is 1. The molecule has 2 aliphatic rings. The van der Waals surface area contributed by atoms with Gasteiger partial charge in [-0.05, 0) is 25.2 Å². The van der Waals surface area contributed by atoms with Crippen LogP contribution in [0.1, 0.15) is 32.6 Å². The summed E-state index contributed by atoms with van der Waals surface area (Å²) < 4.78 is 4.97. The van der Waals surface area contributed by atoms with E-state index in [1.54, 1.807) is 0 Å². The molecule has 1 atom stereocenters. The standard InChI is InChI=1S/C9H15NO2/c1-2-5-9(7-3-4-7)6-12-8(11)10-9/h7H,2-6H2,1H3,(H,10,11). The second kappa shape index (κ2) is 2.64. The molecule has 1 aliphatic heterocycles. The molecular formula is C9H15NO2. The summed E-state index contributed by atoms with van der Waals surface area (Å²) in [5, 5.41) is 2.97.